The zero-order valence-electron chi connectivity index (χ0n) is 10.9. The van der Waals surface area contributed by atoms with Crippen LogP contribution in [0.25, 0.3) is 0 Å². The van der Waals surface area contributed by atoms with Crippen LogP contribution in [0.1, 0.15) is 48.5 Å². The quantitative estimate of drug-likeness (QED) is 0.843. The van der Waals surface area contributed by atoms with Crippen molar-refractivity contribution in [3.05, 3.63) is 34.9 Å². The van der Waals surface area contributed by atoms with E-state index in [4.69, 9.17) is 5.73 Å². The molecule has 1 aromatic rings. The average Bonchev–Trinajstić information content (AvgIpc) is 2.82. The molecule has 1 saturated carbocycles. The van der Waals surface area contributed by atoms with E-state index >= 15 is 0 Å². The number of nitrogens with two attached hydrogens (primary N) is 1. The summed E-state index contributed by atoms with van der Waals surface area (Å²) in [4.78, 5) is 0. The third-order valence-electron chi connectivity index (χ3n) is 4.53. The van der Waals surface area contributed by atoms with Gasteiger partial charge in [0, 0.05) is 12.0 Å². The highest BCUT2D eigenvalue weighted by atomic mass is 16.3. The molecule has 0 aromatic heterocycles. The first-order chi connectivity index (χ1) is 8.10. The van der Waals surface area contributed by atoms with Gasteiger partial charge in [0.05, 0.1) is 6.10 Å². The molecule has 0 aliphatic heterocycles. The Kier molecular flexibility index (Phi) is 3.55. The maximum atomic E-state index is 10.7. The van der Waals surface area contributed by atoms with E-state index in [-0.39, 0.29) is 5.41 Å². The van der Waals surface area contributed by atoms with Gasteiger partial charge in [0.2, 0.25) is 0 Å². The predicted octanol–water partition coefficient (Wildman–Crippen LogP) is 2.86. The highest BCUT2D eigenvalue weighted by molar-refractivity contribution is 5.35. The Hall–Kier alpha value is -0.860. The molecule has 0 heterocycles. The number of aliphatic hydroxyl groups excluding tert-OH is 1. The number of benzene rings is 1. The van der Waals surface area contributed by atoms with Crippen molar-refractivity contribution in [2.24, 2.45) is 11.1 Å². The molecule has 3 N–H and O–H groups in total. The predicted molar refractivity (Wildman–Crippen MR) is 70.8 cm³/mol. The molecule has 2 nitrogen and oxygen atoms in total. The van der Waals surface area contributed by atoms with Gasteiger partial charge in [-0.25, -0.2) is 0 Å². The molecule has 1 atom stereocenters. The van der Waals surface area contributed by atoms with Crippen LogP contribution in [0.4, 0.5) is 0 Å². The summed E-state index contributed by atoms with van der Waals surface area (Å²) in [5, 5.41) is 10.7. The lowest BCUT2D eigenvalue weighted by molar-refractivity contribution is 0.0328. The van der Waals surface area contributed by atoms with Crippen LogP contribution in [0, 0.1) is 19.3 Å². The fourth-order valence-electron chi connectivity index (χ4n) is 3.07. The van der Waals surface area contributed by atoms with Gasteiger partial charge in [0.15, 0.2) is 0 Å². The number of aryl methyl sites for hydroxylation is 1. The highest BCUT2D eigenvalue weighted by Gasteiger charge is 2.40. The van der Waals surface area contributed by atoms with Crippen LogP contribution in [0.2, 0.25) is 0 Å². The van der Waals surface area contributed by atoms with Gasteiger partial charge in [-0.3, -0.25) is 0 Å². The maximum absolute atomic E-state index is 10.7. The fraction of sp³-hybridized carbons (Fsp3) is 0.600. The minimum absolute atomic E-state index is 0.0848. The topological polar surface area (TPSA) is 46.2 Å². The van der Waals surface area contributed by atoms with Gasteiger partial charge in [-0.15, -0.1) is 0 Å². The molecule has 1 aromatic carbocycles. The Morgan fingerprint density at radius 1 is 1.29 bits per heavy atom. The van der Waals surface area contributed by atoms with Crippen LogP contribution in [0.15, 0.2) is 18.2 Å². The van der Waals surface area contributed by atoms with Crippen molar-refractivity contribution in [2.45, 2.75) is 45.6 Å². The molecular weight excluding hydrogens is 210 g/mol. The number of hydrogen-bond acceptors (Lipinski definition) is 2. The first kappa shape index (κ1) is 12.6. The van der Waals surface area contributed by atoms with Crippen molar-refractivity contribution in [1.29, 1.82) is 0 Å². The second-order valence-corrected chi connectivity index (χ2v) is 5.47. The molecule has 1 fully saturated rings. The van der Waals surface area contributed by atoms with E-state index in [0.717, 1.165) is 18.4 Å². The standard InChI is InChI=1S/C15H23NO/c1-11-6-5-7-13(12(11)2)14(17)15(10-16)8-3-4-9-15/h5-7,14,17H,3-4,8-10,16H2,1-2H3. The average molecular weight is 233 g/mol. The Morgan fingerprint density at radius 2 is 1.94 bits per heavy atom. The molecule has 1 unspecified atom stereocenters. The van der Waals surface area contributed by atoms with Crippen molar-refractivity contribution < 1.29 is 5.11 Å². The minimum Gasteiger partial charge on any atom is -0.388 e. The van der Waals surface area contributed by atoms with Crippen molar-refractivity contribution in [3.63, 3.8) is 0 Å². The van der Waals surface area contributed by atoms with Crippen molar-refractivity contribution >= 4 is 0 Å². The molecule has 0 saturated heterocycles. The molecule has 1 aliphatic rings. The Morgan fingerprint density at radius 3 is 2.53 bits per heavy atom. The zero-order chi connectivity index (χ0) is 12.5. The van der Waals surface area contributed by atoms with Gasteiger partial charge >= 0.3 is 0 Å². The van der Waals surface area contributed by atoms with Crippen molar-refractivity contribution in [3.8, 4) is 0 Å². The molecule has 2 heteroatoms. The Labute approximate surface area is 104 Å². The first-order valence-corrected chi connectivity index (χ1v) is 6.55. The second-order valence-electron chi connectivity index (χ2n) is 5.47. The SMILES string of the molecule is Cc1cccc(C(O)C2(CN)CCCC2)c1C. The highest BCUT2D eigenvalue weighted by Crippen LogP contribution is 2.47. The first-order valence-electron chi connectivity index (χ1n) is 6.55. The lowest BCUT2D eigenvalue weighted by atomic mass is 9.76. The second kappa shape index (κ2) is 4.79. The maximum Gasteiger partial charge on any atom is 0.0860 e. The van der Waals surface area contributed by atoms with Gasteiger partial charge in [-0.05, 0) is 43.4 Å². The molecule has 94 valence electrons. The fourth-order valence-corrected chi connectivity index (χ4v) is 3.07. The normalized spacial score (nSPS) is 20.5. The lowest BCUT2D eigenvalue weighted by Crippen LogP contribution is -2.34. The third kappa shape index (κ3) is 2.12. The van der Waals surface area contributed by atoms with Crippen LogP contribution in [-0.4, -0.2) is 11.7 Å². The summed E-state index contributed by atoms with van der Waals surface area (Å²) in [6, 6.07) is 6.16. The van der Waals surface area contributed by atoms with E-state index in [9.17, 15) is 5.11 Å². The zero-order valence-corrected chi connectivity index (χ0v) is 10.9. The van der Waals surface area contributed by atoms with E-state index in [1.165, 1.54) is 24.0 Å². The monoisotopic (exact) mass is 233 g/mol. The summed E-state index contributed by atoms with van der Waals surface area (Å²) in [6.45, 7) is 4.77. The molecule has 0 radical (unpaired) electrons. The van der Waals surface area contributed by atoms with Gasteiger partial charge < -0.3 is 10.8 Å². The van der Waals surface area contributed by atoms with Crippen LogP contribution >= 0.6 is 0 Å². The van der Waals surface area contributed by atoms with E-state index in [0.29, 0.717) is 6.54 Å². The van der Waals surface area contributed by atoms with E-state index in [2.05, 4.69) is 19.9 Å². The smallest absolute Gasteiger partial charge is 0.0860 e. The molecule has 2 rings (SSSR count). The summed E-state index contributed by atoms with van der Waals surface area (Å²) >= 11 is 0. The molecule has 1 aliphatic carbocycles. The largest absolute Gasteiger partial charge is 0.388 e. The summed E-state index contributed by atoms with van der Waals surface area (Å²) in [6.07, 6.45) is 4.09. The summed E-state index contributed by atoms with van der Waals surface area (Å²) in [5.74, 6) is 0. The van der Waals surface area contributed by atoms with Gasteiger partial charge in [0.25, 0.3) is 0 Å². The van der Waals surface area contributed by atoms with E-state index in [1.807, 2.05) is 12.1 Å². The van der Waals surface area contributed by atoms with E-state index in [1.54, 1.807) is 0 Å². The van der Waals surface area contributed by atoms with Crippen LogP contribution in [-0.2, 0) is 0 Å². The van der Waals surface area contributed by atoms with Crippen molar-refractivity contribution in [1.82, 2.24) is 0 Å². The van der Waals surface area contributed by atoms with Gasteiger partial charge in [-0.2, -0.15) is 0 Å². The van der Waals surface area contributed by atoms with Crippen LogP contribution in [0.5, 0.6) is 0 Å². The van der Waals surface area contributed by atoms with E-state index < -0.39 is 6.10 Å². The summed E-state index contributed by atoms with van der Waals surface area (Å²) < 4.78 is 0. The van der Waals surface area contributed by atoms with Gasteiger partial charge in [-0.1, -0.05) is 31.0 Å². The number of hydrogen-bond donors (Lipinski definition) is 2. The minimum atomic E-state index is -0.408. The molecule has 0 spiro atoms. The molecule has 17 heavy (non-hydrogen) atoms. The Balaban J connectivity index is 2.35. The number of rotatable bonds is 3. The Bertz CT molecular complexity index is 394. The molecular formula is C15H23NO. The summed E-state index contributed by atoms with van der Waals surface area (Å²) in [7, 11) is 0. The molecule has 0 bridgehead atoms. The van der Waals surface area contributed by atoms with Crippen molar-refractivity contribution in [2.75, 3.05) is 6.54 Å². The molecule has 0 amide bonds. The van der Waals surface area contributed by atoms with Crippen LogP contribution < -0.4 is 5.73 Å². The lowest BCUT2D eigenvalue weighted by Gasteiger charge is -2.34. The number of aliphatic hydroxyl groups is 1. The third-order valence-corrected chi connectivity index (χ3v) is 4.53. The summed E-state index contributed by atoms with van der Waals surface area (Å²) in [5.41, 5.74) is 9.37. The van der Waals surface area contributed by atoms with Crippen LogP contribution in [0.3, 0.4) is 0 Å². The van der Waals surface area contributed by atoms with Gasteiger partial charge in [0.1, 0.15) is 0 Å².